The molecule has 1 aliphatic rings. The molecule has 1 atom stereocenters. The van der Waals surface area contributed by atoms with E-state index in [1.165, 1.54) is 0 Å². The summed E-state index contributed by atoms with van der Waals surface area (Å²) in [5, 5.41) is 8.96. The average Bonchev–Trinajstić information content (AvgIpc) is 2.97. The Bertz CT molecular complexity index is 562. The van der Waals surface area contributed by atoms with Gasteiger partial charge in [0.25, 0.3) is 0 Å². The second kappa shape index (κ2) is 6.43. The number of nitrogens with zero attached hydrogens (tertiary/aromatic N) is 1. The molecule has 2 rings (SSSR count). The number of likely N-dealkylation sites (tertiary alicyclic amines) is 1. The summed E-state index contributed by atoms with van der Waals surface area (Å²) < 4.78 is 5.10. The first-order valence-corrected chi connectivity index (χ1v) is 6.85. The summed E-state index contributed by atoms with van der Waals surface area (Å²) in [6, 6.07) is 7.46. The van der Waals surface area contributed by atoms with Crippen LogP contribution in [0.5, 0.6) is 5.75 Å². The van der Waals surface area contributed by atoms with Crippen LogP contribution in [0.3, 0.4) is 0 Å². The topological polar surface area (TPSA) is 66.8 Å². The Morgan fingerprint density at radius 1 is 1.33 bits per heavy atom. The average molecular weight is 289 g/mol. The first kappa shape index (κ1) is 15.1. The van der Waals surface area contributed by atoms with Crippen LogP contribution in [0, 0.1) is 5.92 Å². The number of carbonyl (C=O) groups excluding carboxylic acids is 1. The molecule has 0 bridgehead atoms. The van der Waals surface area contributed by atoms with Gasteiger partial charge in [0.2, 0.25) is 5.91 Å². The predicted molar refractivity (Wildman–Crippen MR) is 79.0 cm³/mol. The zero-order valence-electron chi connectivity index (χ0n) is 12.2. The summed E-state index contributed by atoms with van der Waals surface area (Å²) >= 11 is 0. The SMILES string of the molecule is COc1ccc(/C(C)=C/C(=O)N2CCC(C(=O)O)C2)cc1. The Hall–Kier alpha value is -2.30. The van der Waals surface area contributed by atoms with Crippen molar-refractivity contribution in [3.63, 3.8) is 0 Å². The highest BCUT2D eigenvalue weighted by molar-refractivity contribution is 5.95. The van der Waals surface area contributed by atoms with Crippen molar-refractivity contribution in [1.29, 1.82) is 0 Å². The van der Waals surface area contributed by atoms with Crippen LogP contribution in [0.25, 0.3) is 5.57 Å². The van der Waals surface area contributed by atoms with E-state index in [9.17, 15) is 9.59 Å². The highest BCUT2D eigenvalue weighted by Crippen LogP contribution is 2.20. The quantitative estimate of drug-likeness (QED) is 0.861. The molecular formula is C16H19NO4. The van der Waals surface area contributed by atoms with Gasteiger partial charge in [0.15, 0.2) is 0 Å². The summed E-state index contributed by atoms with van der Waals surface area (Å²) in [6.45, 7) is 2.66. The molecule has 0 aromatic heterocycles. The lowest BCUT2D eigenvalue weighted by molar-refractivity contribution is -0.141. The maximum atomic E-state index is 12.2. The molecule has 112 valence electrons. The molecule has 1 amide bonds. The number of carboxylic acid groups (broad SMARTS) is 1. The Balaban J connectivity index is 2.04. The van der Waals surface area contributed by atoms with E-state index in [1.807, 2.05) is 31.2 Å². The van der Waals surface area contributed by atoms with Crippen molar-refractivity contribution in [2.75, 3.05) is 20.2 Å². The fraction of sp³-hybridized carbons (Fsp3) is 0.375. The summed E-state index contributed by atoms with van der Waals surface area (Å²) in [5.74, 6) is -0.640. The molecule has 1 fully saturated rings. The lowest BCUT2D eigenvalue weighted by Gasteiger charge is -2.14. The number of allylic oxidation sites excluding steroid dienone is 1. The minimum absolute atomic E-state index is 0.132. The fourth-order valence-corrected chi connectivity index (χ4v) is 2.38. The van der Waals surface area contributed by atoms with Crippen LogP contribution in [0.4, 0.5) is 0 Å². The van der Waals surface area contributed by atoms with Crippen molar-refractivity contribution >= 4 is 17.4 Å². The first-order chi connectivity index (χ1) is 10.0. The Kier molecular flexibility index (Phi) is 4.62. The molecule has 1 heterocycles. The van der Waals surface area contributed by atoms with E-state index in [0.717, 1.165) is 16.9 Å². The second-order valence-electron chi connectivity index (χ2n) is 5.16. The van der Waals surface area contributed by atoms with Crippen LogP contribution in [0.15, 0.2) is 30.3 Å². The molecule has 0 aliphatic carbocycles. The number of ether oxygens (including phenoxy) is 1. The van der Waals surface area contributed by atoms with Gasteiger partial charge in [0, 0.05) is 19.2 Å². The van der Waals surface area contributed by atoms with Gasteiger partial charge in [-0.1, -0.05) is 12.1 Å². The van der Waals surface area contributed by atoms with Gasteiger partial charge in [-0.05, 0) is 36.6 Å². The third-order valence-corrected chi connectivity index (χ3v) is 3.73. The summed E-state index contributed by atoms with van der Waals surface area (Å²) in [7, 11) is 1.60. The van der Waals surface area contributed by atoms with Gasteiger partial charge in [-0.2, -0.15) is 0 Å². The number of hydrogen-bond acceptors (Lipinski definition) is 3. The highest BCUT2D eigenvalue weighted by atomic mass is 16.5. The van der Waals surface area contributed by atoms with E-state index in [2.05, 4.69) is 0 Å². The molecule has 1 aliphatic heterocycles. The Labute approximate surface area is 123 Å². The van der Waals surface area contributed by atoms with Gasteiger partial charge >= 0.3 is 5.97 Å². The van der Waals surface area contributed by atoms with Crippen molar-refractivity contribution in [3.8, 4) is 5.75 Å². The van der Waals surface area contributed by atoms with Crippen molar-refractivity contribution < 1.29 is 19.4 Å². The maximum absolute atomic E-state index is 12.2. The molecule has 1 aromatic carbocycles. The number of amides is 1. The van der Waals surface area contributed by atoms with Gasteiger partial charge < -0.3 is 14.7 Å². The summed E-state index contributed by atoms with van der Waals surface area (Å²) in [5.41, 5.74) is 1.79. The molecule has 21 heavy (non-hydrogen) atoms. The minimum atomic E-state index is -0.832. The normalized spacial score (nSPS) is 18.7. The number of aliphatic carboxylic acids is 1. The van der Waals surface area contributed by atoms with E-state index >= 15 is 0 Å². The molecule has 1 N–H and O–H groups in total. The van der Waals surface area contributed by atoms with Crippen LogP contribution >= 0.6 is 0 Å². The number of carbonyl (C=O) groups is 2. The van der Waals surface area contributed by atoms with Gasteiger partial charge in [-0.3, -0.25) is 9.59 Å². The summed E-state index contributed by atoms with van der Waals surface area (Å²) in [4.78, 5) is 24.6. The zero-order valence-corrected chi connectivity index (χ0v) is 12.2. The smallest absolute Gasteiger partial charge is 0.308 e. The third kappa shape index (κ3) is 3.62. The monoisotopic (exact) mass is 289 g/mol. The molecule has 1 saturated heterocycles. The molecule has 1 unspecified atom stereocenters. The number of benzene rings is 1. The van der Waals surface area contributed by atoms with E-state index < -0.39 is 11.9 Å². The van der Waals surface area contributed by atoms with Gasteiger partial charge in [0.1, 0.15) is 5.75 Å². The van der Waals surface area contributed by atoms with Crippen molar-refractivity contribution in [2.24, 2.45) is 5.92 Å². The largest absolute Gasteiger partial charge is 0.497 e. The maximum Gasteiger partial charge on any atom is 0.308 e. The van der Waals surface area contributed by atoms with Crippen LogP contribution < -0.4 is 4.74 Å². The fourth-order valence-electron chi connectivity index (χ4n) is 2.38. The van der Waals surface area contributed by atoms with Crippen molar-refractivity contribution in [3.05, 3.63) is 35.9 Å². The lowest BCUT2D eigenvalue weighted by Crippen LogP contribution is -2.28. The number of methoxy groups -OCH3 is 1. The van der Waals surface area contributed by atoms with Crippen LogP contribution in [0.2, 0.25) is 0 Å². The minimum Gasteiger partial charge on any atom is -0.497 e. The van der Waals surface area contributed by atoms with Crippen molar-refractivity contribution in [2.45, 2.75) is 13.3 Å². The Morgan fingerprint density at radius 2 is 2.00 bits per heavy atom. The van der Waals surface area contributed by atoms with Gasteiger partial charge in [-0.25, -0.2) is 0 Å². The molecule has 0 saturated carbocycles. The third-order valence-electron chi connectivity index (χ3n) is 3.73. The van der Waals surface area contributed by atoms with E-state index in [1.54, 1.807) is 18.1 Å². The first-order valence-electron chi connectivity index (χ1n) is 6.85. The number of rotatable bonds is 4. The lowest BCUT2D eigenvalue weighted by atomic mass is 10.1. The van der Waals surface area contributed by atoms with Crippen molar-refractivity contribution in [1.82, 2.24) is 4.90 Å². The summed E-state index contributed by atoms with van der Waals surface area (Å²) in [6.07, 6.45) is 2.09. The van der Waals surface area contributed by atoms with Crippen LogP contribution in [-0.4, -0.2) is 42.1 Å². The van der Waals surface area contributed by atoms with E-state index in [4.69, 9.17) is 9.84 Å². The second-order valence-corrected chi connectivity index (χ2v) is 5.16. The standard InChI is InChI=1S/C16H19NO4/c1-11(12-3-5-14(21-2)6-4-12)9-15(18)17-8-7-13(10-17)16(19)20/h3-6,9,13H,7-8,10H2,1-2H3,(H,19,20)/b11-9+. The number of hydrogen-bond donors (Lipinski definition) is 1. The Morgan fingerprint density at radius 3 is 2.52 bits per heavy atom. The molecule has 5 nitrogen and oxygen atoms in total. The molecule has 5 heteroatoms. The van der Waals surface area contributed by atoms with Gasteiger partial charge in [-0.15, -0.1) is 0 Å². The molecule has 1 aromatic rings. The number of carboxylic acids is 1. The van der Waals surface area contributed by atoms with E-state index in [0.29, 0.717) is 19.5 Å². The van der Waals surface area contributed by atoms with Gasteiger partial charge in [0.05, 0.1) is 13.0 Å². The van der Waals surface area contributed by atoms with Crippen LogP contribution in [-0.2, 0) is 9.59 Å². The highest BCUT2D eigenvalue weighted by Gasteiger charge is 2.29. The van der Waals surface area contributed by atoms with Crippen LogP contribution in [0.1, 0.15) is 18.9 Å². The molecular weight excluding hydrogens is 270 g/mol. The molecule has 0 spiro atoms. The molecule has 0 radical (unpaired) electrons. The van der Waals surface area contributed by atoms with E-state index in [-0.39, 0.29) is 5.91 Å². The predicted octanol–water partition coefficient (Wildman–Crippen LogP) is 2.03. The zero-order chi connectivity index (χ0) is 15.4.